The van der Waals surface area contributed by atoms with E-state index in [1.165, 1.54) is 5.56 Å². The fraction of sp³-hybridized carbons (Fsp3) is 0.533. The van der Waals surface area contributed by atoms with Gasteiger partial charge in [-0.2, -0.15) is 0 Å². The summed E-state index contributed by atoms with van der Waals surface area (Å²) < 4.78 is 0. The molecule has 0 aliphatic carbocycles. The maximum absolute atomic E-state index is 11.6. The van der Waals surface area contributed by atoms with Gasteiger partial charge < -0.3 is 10.6 Å². The van der Waals surface area contributed by atoms with E-state index in [4.69, 9.17) is 0 Å². The first-order valence-electron chi connectivity index (χ1n) is 6.74. The molecule has 0 spiro atoms. The molecule has 1 aromatic carbocycles. The van der Waals surface area contributed by atoms with Crippen molar-refractivity contribution in [2.45, 2.75) is 52.6 Å². The summed E-state index contributed by atoms with van der Waals surface area (Å²) in [7, 11) is 0. The van der Waals surface area contributed by atoms with Gasteiger partial charge in [-0.3, -0.25) is 4.79 Å². The molecule has 0 radical (unpaired) electrons. The fourth-order valence-corrected chi connectivity index (χ4v) is 1.64. The van der Waals surface area contributed by atoms with Gasteiger partial charge >= 0.3 is 0 Å². The van der Waals surface area contributed by atoms with Crippen LogP contribution >= 0.6 is 0 Å². The van der Waals surface area contributed by atoms with Crippen LogP contribution in [0.3, 0.4) is 0 Å². The van der Waals surface area contributed by atoms with Crippen molar-refractivity contribution >= 4 is 11.6 Å². The van der Waals surface area contributed by atoms with Crippen LogP contribution in [0.1, 0.15) is 45.6 Å². The third kappa shape index (κ3) is 5.82. The third-order valence-corrected chi connectivity index (χ3v) is 2.68. The number of unbranched alkanes of at least 4 members (excludes halogenated alkanes) is 1. The Labute approximate surface area is 110 Å². The summed E-state index contributed by atoms with van der Waals surface area (Å²) in [5.74, 6) is 0.103. The zero-order valence-electron chi connectivity index (χ0n) is 11.6. The summed E-state index contributed by atoms with van der Waals surface area (Å²) in [4.78, 5) is 11.6. The van der Waals surface area contributed by atoms with Crippen molar-refractivity contribution < 1.29 is 4.79 Å². The lowest BCUT2D eigenvalue weighted by molar-refractivity contribution is -0.116. The van der Waals surface area contributed by atoms with Crippen LogP contribution in [0.5, 0.6) is 0 Å². The Kier molecular flexibility index (Phi) is 6.44. The topological polar surface area (TPSA) is 41.1 Å². The van der Waals surface area contributed by atoms with Crippen molar-refractivity contribution in [3.8, 4) is 0 Å². The average molecular weight is 248 g/mol. The second-order valence-electron chi connectivity index (χ2n) is 4.89. The van der Waals surface area contributed by atoms with Gasteiger partial charge in [-0.15, -0.1) is 0 Å². The molecule has 0 saturated heterocycles. The molecule has 0 aliphatic heterocycles. The molecule has 1 amide bonds. The van der Waals surface area contributed by atoms with Gasteiger partial charge in [0.2, 0.25) is 5.91 Å². The average Bonchev–Trinajstić information content (AvgIpc) is 2.34. The second kappa shape index (κ2) is 7.88. The lowest BCUT2D eigenvalue weighted by Gasteiger charge is -2.10. The minimum absolute atomic E-state index is 0.103. The van der Waals surface area contributed by atoms with E-state index in [0.29, 0.717) is 12.5 Å². The Morgan fingerprint density at radius 2 is 2.11 bits per heavy atom. The normalized spacial score (nSPS) is 10.7. The minimum Gasteiger partial charge on any atom is -0.326 e. The van der Waals surface area contributed by atoms with Gasteiger partial charge in [0.15, 0.2) is 0 Å². The van der Waals surface area contributed by atoms with Crippen molar-refractivity contribution in [1.82, 2.24) is 5.32 Å². The Balaban J connectivity index is 2.51. The zero-order valence-corrected chi connectivity index (χ0v) is 11.6. The molecular formula is C15H24N2O. The van der Waals surface area contributed by atoms with Crippen LogP contribution in [-0.4, -0.2) is 11.9 Å². The summed E-state index contributed by atoms with van der Waals surface area (Å²) in [6.45, 7) is 7.16. The minimum atomic E-state index is 0.103. The molecule has 0 fully saturated rings. The van der Waals surface area contributed by atoms with E-state index in [-0.39, 0.29) is 5.91 Å². The van der Waals surface area contributed by atoms with Crippen LogP contribution in [0.15, 0.2) is 24.3 Å². The van der Waals surface area contributed by atoms with Gasteiger partial charge in [0.05, 0.1) is 0 Å². The van der Waals surface area contributed by atoms with Crippen LogP contribution in [-0.2, 0) is 11.3 Å². The summed E-state index contributed by atoms with van der Waals surface area (Å²) >= 11 is 0. The highest BCUT2D eigenvalue weighted by atomic mass is 16.1. The van der Waals surface area contributed by atoms with Crippen molar-refractivity contribution in [1.29, 1.82) is 0 Å². The quantitative estimate of drug-likeness (QED) is 0.777. The molecule has 3 heteroatoms. The number of amides is 1. The molecule has 3 nitrogen and oxygen atoms in total. The highest BCUT2D eigenvalue weighted by Gasteiger charge is 2.02. The highest BCUT2D eigenvalue weighted by molar-refractivity contribution is 5.90. The predicted octanol–water partition coefficient (Wildman–Crippen LogP) is 3.31. The summed E-state index contributed by atoms with van der Waals surface area (Å²) in [6.07, 6.45) is 2.59. The van der Waals surface area contributed by atoms with E-state index >= 15 is 0 Å². The van der Waals surface area contributed by atoms with E-state index in [9.17, 15) is 4.79 Å². The van der Waals surface area contributed by atoms with Crippen molar-refractivity contribution in [2.24, 2.45) is 0 Å². The molecule has 0 unspecified atom stereocenters. The number of anilines is 1. The highest BCUT2D eigenvalue weighted by Crippen LogP contribution is 2.11. The molecule has 0 atom stereocenters. The van der Waals surface area contributed by atoms with Crippen molar-refractivity contribution in [2.75, 3.05) is 5.32 Å². The fourth-order valence-electron chi connectivity index (χ4n) is 1.64. The SMILES string of the molecule is CCCCC(=O)Nc1cccc(CNC(C)C)c1. The van der Waals surface area contributed by atoms with Crippen LogP contribution < -0.4 is 10.6 Å². The first-order valence-corrected chi connectivity index (χ1v) is 6.74. The third-order valence-electron chi connectivity index (χ3n) is 2.68. The van der Waals surface area contributed by atoms with E-state index in [1.54, 1.807) is 0 Å². The van der Waals surface area contributed by atoms with Gasteiger partial charge in [0.25, 0.3) is 0 Å². The predicted molar refractivity (Wildman–Crippen MR) is 76.6 cm³/mol. The number of carbonyl (C=O) groups excluding carboxylic acids is 1. The number of nitrogens with one attached hydrogen (secondary N) is 2. The first kappa shape index (κ1) is 14.7. The van der Waals surface area contributed by atoms with Crippen molar-refractivity contribution in [3.63, 3.8) is 0 Å². The monoisotopic (exact) mass is 248 g/mol. The van der Waals surface area contributed by atoms with Crippen LogP contribution in [0.2, 0.25) is 0 Å². The van der Waals surface area contributed by atoms with Gasteiger partial charge in [-0.25, -0.2) is 0 Å². The second-order valence-corrected chi connectivity index (χ2v) is 4.89. The number of benzene rings is 1. The molecule has 0 bridgehead atoms. The first-order chi connectivity index (χ1) is 8.61. The van der Waals surface area contributed by atoms with E-state index in [0.717, 1.165) is 25.1 Å². The molecule has 2 N–H and O–H groups in total. The molecule has 100 valence electrons. The zero-order chi connectivity index (χ0) is 13.4. The Morgan fingerprint density at radius 3 is 2.78 bits per heavy atom. The smallest absolute Gasteiger partial charge is 0.224 e. The lowest BCUT2D eigenvalue weighted by atomic mass is 10.2. The van der Waals surface area contributed by atoms with Crippen LogP contribution in [0.25, 0.3) is 0 Å². The maximum atomic E-state index is 11.6. The van der Waals surface area contributed by atoms with Crippen LogP contribution in [0, 0.1) is 0 Å². The van der Waals surface area contributed by atoms with E-state index in [1.807, 2.05) is 18.2 Å². The number of hydrogen-bond acceptors (Lipinski definition) is 2. The molecule has 18 heavy (non-hydrogen) atoms. The Morgan fingerprint density at radius 1 is 1.33 bits per heavy atom. The summed E-state index contributed by atoms with van der Waals surface area (Å²) in [5.41, 5.74) is 2.08. The largest absolute Gasteiger partial charge is 0.326 e. The number of hydrogen-bond donors (Lipinski definition) is 2. The molecule has 0 aliphatic rings. The molecule has 0 heterocycles. The molecule has 0 aromatic heterocycles. The summed E-state index contributed by atoms with van der Waals surface area (Å²) in [5, 5.41) is 6.30. The summed E-state index contributed by atoms with van der Waals surface area (Å²) in [6, 6.07) is 8.47. The molecule has 1 aromatic rings. The lowest BCUT2D eigenvalue weighted by Crippen LogP contribution is -2.21. The Hall–Kier alpha value is -1.35. The maximum Gasteiger partial charge on any atom is 0.224 e. The molecule has 0 saturated carbocycles. The van der Waals surface area contributed by atoms with Crippen LogP contribution in [0.4, 0.5) is 5.69 Å². The Bertz CT molecular complexity index is 375. The van der Waals surface area contributed by atoms with E-state index < -0.39 is 0 Å². The van der Waals surface area contributed by atoms with Gasteiger partial charge in [0.1, 0.15) is 0 Å². The molecule has 1 rings (SSSR count). The van der Waals surface area contributed by atoms with Gasteiger partial charge in [-0.05, 0) is 24.1 Å². The molecular weight excluding hydrogens is 224 g/mol. The van der Waals surface area contributed by atoms with Gasteiger partial charge in [-0.1, -0.05) is 39.3 Å². The van der Waals surface area contributed by atoms with Gasteiger partial charge in [0, 0.05) is 24.7 Å². The number of carbonyl (C=O) groups is 1. The van der Waals surface area contributed by atoms with E-state index in [2.05, 4.69) is 37.5 Å². The standard InChI is InChI=1S/C15H24N2O/c1-4-5-9-15(18)17-14-8-6-7-13(10-14)11-16-12(2)3/h6-8,10,12,16H,4-5,9,11H2,1-3H3,(H,17,18). The van der Waals surface area contributed by atoms with Crippen molar-refractivity contribution in [3.05, 3.63) is 29.8 Å². The number of rotatable bonds is 7.